The van der Waals surface area contributed by atoms with E-state index in [1.165, 1.54) is 23.5 Å². The second-order valence-corrected chi connectivity index (χ2v) is 13.6. The van der Waals surface area contributed by atoms with Gasteiger partial charge in [0.2, 0.25) is 0 Å². The molecule has 2 fully saturated rings. The Kier molecular flexibility index (Phi) is 9.44. The summed E-state index contributed by atoms with van der Waals surface area (Å²) < 4.78 is 25.3. The highest BCUT2D eigenvalue weighted by atomic mass is 79.9. The Morgan fingerprint density at radius 2 is 1.98 bits per heavy atom. The first-order chi connectivity index (χ1) is 22.6. The second-order valence-electron chi connectivity index (χ2n) is 11.9. The van der Waals surface area contributed by atoms with Gasteiger partial charge >= 0.3 is 12.0 Å². The van der Waals surface area contributed by atoms with Crippen molar-refractivity contribution in [2.24, 2.45) is 4.99 Å². The first-order valence-corrected chi connectivity index (χ1v) is 16.9. The lowest BCUT2D eigenvalue weighted by atomic mass is 9.95. The number of hydrogen-bond acceptors (Lipinski definition) is 10. The summed E-state index contributed by atoms with van der Waals surface area (Å²) in [6.45, 7) is 8.52. The van der Waals surface area contributed by atoms with Gasteiger partial charge in [0, 0.05) is 60.2 Å². The predicted octanol–water partition coefficient (Wildman–Crippen LogP) is 4.99. The Morgan fingerprint density at radius 3 is 2.66 bits per heavy atom. The number of carbonyl (C=O) groups excluding carboxylic acids is 3. The maximum atomic E-state index is 14.1. The standard InChI is InChI=1S/C33H34BrFN6O5S/c1-4-45-31(43)27-26(37-29(30-36-11-14-47-30)38-28(27)24-10-7-21(35)15-25(24)34)18-39-12-13-40-23(16-39)17-41(32(40)44)22-8-5-20(6-9-22)33(2,3)46-19-42/h5-11,14-15,19,23,28H,4,12-13,16-18H2,1-3H3,(H,37,38)/t23-,28-/m0/s1. The minimum atomic E-state index is -0.784. The lowest BCUT2D eigenvalue weighted by Gasteiger charge is -2.38. The van der Waals surface area contributed by atoms with Crippen molar-refractivity contribution in [1.82, 2.24) is 20.1 Å². The van der Waals surface area contributed by atoms with Gasteiger partial charge in [0.1, 0.15) is 17.5 Å². The highest BCUT2D eigenvalue weighted by Gasteiger charge is 2.42. The molecule has 2 amide bonds. The molecule has 0 spiro atoms. The lowest BCUT2D eigenvalue weighted by molar-refractivity contribution is -0.141. The average molecular weight is 726 g/mol. The first kappa shape index (κ1) is 32.8. The number of amides is 2. The van der Waals surface area contributed by atoms with Gasteiger partial charge in [-0.25, -0.2) is 19.0 Å². The molecule has 14 heteroatoms. The number of piperazine rings is 1. The number of nitrogens with zero attached hydrogens (tertiary/aromatic N) is 5. The summed E-state index contributed by atoms with van der Waals surface area (Å²) in [5, 5.41) is 5.88. The summed E-state index contributed by atoms with van der Waals surface area (Å²) in [7, 11) is 0. The van der Waals surface area contributed by atoms with Gasteiger partial charge in [-0.1, -0.05) is 34.1 Å². The fraction of sp³-hybridized carbons (Fsp3) is 0.364. The Balaban J connectivity index is 1.26. The van der Waals surface area contributed by atoms with Gasteiger partial charge in [-0.2, -0.15) is 0 Å². The molecule has 0 unspecified atom stereocenters. The summed E-state index contributed by atoms with van der Waals surface area (Å²) in [6.07, 6.45) is 1.69. The van der Waals surface area contributed by atoms with Crippen molar-refractivity contribution >= 4 is 57.3 Å². The van der Waals surface area contributed by atoms with Crippen molar-refractivity contribution in [3.8, 4) is 0 Å². The maximum absolute atomic E-state index is 14.1. The molecule has 0 radical (unpaired) electrons. The molecule has 1 N–H and O–H groups in total. The van der Waals surface area contributed by atoms with E-state index in [1.54, 1.807) is 24.1 Å². The SMILES string of the molecule is CCOC(=O)C1=C(CN2CCN3C(=O)N(c4ccc(C(C)(C)OC=O)cc4)C[C@@H]3C2)NC(c2nccs2)=N[C@H]1c1ccc(F)cc1Br. The zero-order valence-corrected chi connectivity index (χ0v) is 28.5. The van der Waals surface area contributed by atoms with Crippen molar-refractivity contribution < 1.29 is 28.2 Å². The molecule has 0 saturated carbocycles. The topological polar surface area (TPSA) is 117 Å². The van der Waals surface area contributed by atoms with Crippen LogP contribution >= 0.6 is 27.3 Å². The molecule has 3 aromatic rings. The summed E-state index contributed by atoms with van der Waals surface area (Å²) >= 11 is 4.89. The minimum absolute atomic E-state index is 0.0626. The molecule has 47 heavy (non-hydrogen) atoms. The smallest absolute Gasteiger partial charge is 0.338 e. The third-order valence-electron chi connectivity index (χ3n) is 8.55. The number of aliphatic imine (C=N–C) groups is 1. The number of urea groups is 1. The molecule has 3 aliphatic rings. The van der Waals surface area contributed by atoms with Crippen LogP contribution in [0.2, 0.25) is 0 Å². The Hall–Kier alpha value is -4.14. The van der Waals surface area contributed by atoms with Crippen LogP contribution in [0.15, 0.2) is 74.8 Å². The van der Waals surface area contributed by atoms with Crippen molar-refractivity contribution in [1.29, 1.82) is 0 Å². The largest absolute Gasteiger partial charge is 0.463 e. The average Bonchev–Trinajstić information content (AvgIpc) is 3.69. The van der Waals surface area contributed by atoms with Crippen molar-refractivity contribution in [3.63, 3.8) is 0 Å². The minimum Gasteiger partial charge on any atom is -0.463 e. The van der Waals surface area contributed by atoms with E-state index in [9.17, 15) is 18.8 Å². The first-order valence-electron chi connectivity index (χ1n) is 15.2. The lowest BCUT2D eigenvalue weighted by Crippen LogP contribution is -2.53. The van der Waals surface area contributed by atoms with Crippen LogP contribution in [0.3, 0.4) is 0 Å². The third kappa shape index (κ3) is 6.67. The second kappa shape index (κ2) is 13.5. The predicted molar refractivity (Wildman–Crippen MR) is 179 cm³/mol. The zero-order valence-electron chi connectivity index (χ0n) is 26.1. The summed E-state index contributed by atoms with van der Waals surface area (Å²) in [5.41, 5.74) is 2.38. The molecule has 0 bridgehead atoms. The molecule has 2 aromatic carbocycles. The molecular weight excluding hydrogens is 691 g/mol. The number of amidine groups is 1. The molecule has 4 heterocycles. The molecular formula is C33H34BrFN6O5S. The zero-order chi connectivity index (χ0) is 33.3. The number of thiazole rings is 1. The van der Waals surface area contributed by atoms with E-state index in [-0.39, 0.29) is 18.7 Å². The van der Waals surface area contributed by atoms with E-state index in [4.69, 9.17) is 14.5 Å². The number of anilines is 1. The molecule has 1 aromatic heterocycles. The number of carbonyl (C=O) groups is 3. The van der Waals surface area contributed by atoms with Crippen LogP contribution in [0.25, 0.3) is 0 Å². The number of fused-ring (bicyclic) bond motifs is 1. The number of benzene rings is 2. The van der Waals surface area contributed by atoms with Gasteiger partial charge in [-0.15, -0.1) is 11.3 Å². The number of rotatable bonds is 10. The monoisotopic (exact) mass is 724 g/mol. The Labute approximate surface area is 284 Å². The highest BCUT2D eigenvalue weighted by Crippen LogP contribution is 2.37. The number of ether oxygens (including phenoxy) is 2. The maximum Gasteiger partial charge on any atom is 0.338 e. The van der Waals surface area contributed by atoms with E-state index >= 15 is 0 Å². The van der Waals surface area contributed by atoms with Crippen LogP contribution in [0.1, 0.15) is 42.9 Å². The van der Waals surface area contributed by atoms with E-state index in [1.807, 2.05) is 48.4 Å². The summed E-state index contributed by atoms with van der Waals surface area (Å²) in [6, 6.07) is 10.9. The van der Waals surface area contributed by atoms with Crippen LogP contribution in [0.4, 0.5) is 14.9 Å². The molecule has 2 atom stereocenters. The van der Waals surface area contributed by atoms with Gasteiger partial charge in [0.05, 0.1) is 18.2 Å². The van der Waals surface area contributed by atoms with Gasteiger partial charge in [-0.05, 0) is 56.2 Å². The van der Waals surface area contributed by atoms with E-state index < -0.39 is 23.4 Å². The number of aromatic nitrogens is 1. The van der Waals surface area contributed by atoms with Gasteiger partial charge < -0.3 is 19.7 Å². The molecule has 2 saturated heterocycles. The van der Waals surface area contributed by atoms with Gasteiger partial charge in [-0.3, -0.25) is 19.6 Å². The quantitative estimate of drug-likeness (QED) is 0.230. The van der Waals surface area contributed by atoms with Crippen molar-refractivity contribution in [2.75, 3.05) is 44.2 Å². The number of hydrogen-bond donors (Lipinski definition) is 1. The Bertz CT molecular complexity index is 1730. The normalized spacial score (nSPS) is 20.1. The van der Waals surface area contributed by atoms with Crippen LogP contribution in [-0.2, 0) is 24.7 Å². The number of halogens is 2. The molecule has 0 aliphatic carbocycles. The van der Waals surface area contributed by atoms with Crippen LogP contribution < -0.4 is 10.2 Å². The fourth-order valence-corrected chi connectivity index (χ4v) is 7.31. The van der Waals surface area contributed by atoms with Gasteiger partial charge in [0.15, 0.2) is 10.8 Å². The van der Waals surface area contributed by atoms with E-state index in [2.05, 4.69) is 31.1 Å². The fourth-order valence-electron chi connectivity index (χ4n) is 6.15. The van der Waals surface area contributed by atoms with E-state index in [0.29, 0.717) is 71.3 Å². The highest BCUT2D eigenvalue weighted by molar-refractivity contribution is 9.10. The number of esters is 1. The summed E-state index contributed by atoms with van der Waals surface area (Å²) in [5.74, 6) is -0.412. The van der Waals surface area contributed by atoms with E-state index in [0.717, 1.165) is 11.3 Å². The summed E-state index contributed by atoms with van der Waals surface area (Å²) in [4.78, 5) is 53.2. The molecule has 3 aliphatic heterocycles. The molecule has 6 rings (SSSR count). The van der Waals surface area contributed by atoms with Crippen molar-refractivity contribution in [3.05, 3.63) is 91.7 Å². The molecule has 246 valence electrons. The van der Waals surface area contributed by atoms with Crippen LogP contribution in [-0.4, -0.2) is 84.5 Å². The van der Waals surface area contributed by atoms with Gasteiger partial charge in [0.25, 0.3) is 6.47 Å². The van der Waals surface area contributed by atoms with Crippen LogP contribution in [0, 0.1) is 5.82 Å². The number of nitrogens with one attached hydrogen (secondary N) is 1. The molecule has 11 nitrogen and oxygen atoms in total. The third-order valence-corrected chi connectivity index (χ3v) is 10.0. The van der Waals surface area contributed by atoms with Crippen LogP contribution in [0.5, 0.6) is 0 Å². The Morgan fingerprint density at radius 1 is 1.19 bits per heavy atom. The van der Waals surface area contributed by atoms with Crippen molar-refractivity contribution in [2.45, 2.75) is 38.5 Å².